The van der Waals surface area contributed by atoms with Crippen LogP contribution in [0.4, 0.5) is 5.69 Å². The van der Waals surface area contributed by atoms with Gasteiger partial charge in [0, 0.05) is 25.1 Å². The molecule has 0 aromatic heterocycles. The molecule has 3 nitrogen and oxygen atoms in total. The molecule has 1 aliphatic rings. The zero-order valence-corrected chi connectivity index (χ0v) is 10.5. The van der Waals surface area contributed by atoms with Crippen LogP contribution in [-0.4, -0.2) is 17.4 Å². The molecule has 0 atom stereocenters. The first kappa shape index (κ1) is 12.0. The molecule has 0 fully saturated rings. The lowest BCUT2D eigenvalue weighted by atomic mass is 10.1. The quantitative estimate of drug-likeness (QED) is 0.833. The van der Waals surface area contributed by atoms with Gasteiger partial charge in [-0.15, -0.1) is 0 Å². The second-order valence-corrected chi connectivity index (χ2v) is 4.77. The van der Waals surface area contributed by atoms with Crippen molar-refractivity contribution < 1.29 is 4.79 Å². The second kappa shape index (κ2) is 5.27. The Morgan fingerprint density at radius 2 is 2.12 bits per heavy atom. The molecule has 90 valence electrons. The van der Waals surface area contributed by atoms with Crippen LogP contribution < -0.4 is 10.6 Å². The van der Waals surface area contributed by atoms with E-state index in [1.54, 1.807) is 0 Å². The molecule has 17 heavy (non-hydrogen) atoms. The highest BCUT2D eigenvalue weighted by atomic mass is 32.1. The maximum Gasteiger partial charge on any atom is 0.227 e. The molecule has 0 saturated heterocycles. The molecule has 4 heteroatoms. The molecule has 0 spiro atoms. The first-order valence-electron chi connectivity index (χ1n) is 5.85. The molecule has 1 heterocycles. The van der Waals surface area contributed by atoms with Crippen molar-refractivity contribution in [2.75, 3.05) is 11.4 Å². The van der Waals surface area contributed by atoms with E-state index < -0.39 is 0 Å². The molecule has 1 aliphatic heterocycles. The maximum atomic E-state index is 12.0. The van der Waals surface area contributed by atoms with E-state index in [1.165, 1.54) is 5.56 Å². The van der Waals surface area contributed by atoms with Crippen molar-refractivity contribution in [3.63, 3.8) is 0 Å². The monoisotopic (exact) mass is 248 g/mol. The van der Waals surface area contributed by atoms with Gasteiger partial charge in [-0.1, -0.05) is 30.4 Å². The molecular formula is C13H16N2OS. The number of benzene rings is 1. The van der Waals surface area contributed by atoms with Crippen LogP contribution in [0.3, 0.4) is 0 Å². The first-order chi connectivity index (χ1) is 8.18. The summed E-state index contributed by atoms with van der Waals surface area (Å²) in [6.07, 6.45) is 3.06. The number of amides is 1. The summed E-state index contributed by atoms with van der Waals surface area (Å²) in [5, 5.41) is 0. The highest BCUT2D eigenvalue weighted by molar-refractivity contribution is 7.80. The number of hydrogen-bond donors (Lipinski definition) is 1. The van der Waals surface area contributed by atoms with Gasteiger partial charge in [0.2, 0.25) is 5.91 Å². The molecule has 0 bridgehead atoms. The fraction of sp³-hybridized carbons (Fsp3) is 0.385. The largest absolute Gasteiger partial charge is 0.393 e. The van der Waals surface area contributed by atoms with Crippen molar-refractivity contribution in [2.45, 2.75) is 25.7 Å². The van der Waals surface area contributed by atoms with Crippen LogP contribution in [0.25, 0.3) is 0 Å². The van der Waals surface area contributed by atoms with Crippen LogP contribution in [-0.2, 0) is 11.2 Å². The van der Waals surface area contributed by atoms with Crippen LogP contribution >= 0.6 is 12.2 Å². The number of aryl methyl sites for hydroxylation is 1. The normalized spacial score (nSPS) is 15.3. The van der Waals surface area contributed by atoms with Gasteiger partial charge in [-0.3, -0.25) is 4.79 Å². The Hall–Kier alpha value is -1.42. The van der Waals surface area contributed by atoms with Crippen LogP contribution in [0, 0.1) is 0 Å². The van der Waals surface area contributed by atoms with Crippen LogP contribution in [0.15, 0.2) is 24.3 Å². The predicted octanol–water partition coefficient (Wildman–Crippen LogP) is 2.03. The lowest BCUT2D eigenvalue weighted by Crippen LogP contribution is -2.33. The average molecular weight is 248 g/mol. The van der Waals surface area contributed by atoms with Crippen molar-refractivity contribution >= 4 is 28.8 Å². The van der Waals surface area contributed by atoms with Gasteiger partial charge in [0.1, 0.15) is 0 Å². The summed E-state index contributed by atoms with van der Waals surface area (Å²) in [5.41, 5.74) is 7.76. The van der Waals surface area contributed by atoms with E-state index >= 15 is 0 Å². The molecule has 1 aromatic rings. The fourth-order valence-electron chi connectivity index (χ4n) is 2.15. The second-order valence-electron chi connectivity index (χ2n) is 4.24. The van der Waals surface area contributed by atoms with Gasteiger partial charge in [-0.2, -0.15) is 0 Å². The van der Waals surface area contributed by atoms with Gasteiger partial charge in [0.25, 0.3) is 0 Å². The molecule has 0 saturated carbocycles. The van der Waals surface area contributed by atoms with Crippen molar-refractivity contribution in [2.24, 2.45) is 5.73 Å². The molecule has 2 N–H and O–H groups in total. The van der Waals surface area contributed by atoms with E-state index in [2.05, 4.69) is 6.07 Å². The Bertz CT molecular complexity index is 445. The Morgan fingerprint density at radius 3 is 2.88 bits per heavy atom. The Labute approximate surface area is 107 Å². The van der Waals surface area contributed by atoms with E-state index in [9.17, 15) is 4.79 Å². The zero-order chi connectivity index (χ0) is 12.3. The van der Waals surface area contributed by atoms with Gasteiger partial charge < -0.3 is 10.6 Å². The van der Waals surface area contributed by atoms with Gasteiger partial charge >= 0.3 is 0 Å². The number of carbonyl (C=O) groups excluding carboxylic acids is 1. The number of anilines is 1. The molecule has 1 aromatic carbocycles. The standard InChI is InChI=1S/C13H16N2OS/c14-12(17)8-9-15-11-6-2-1-4-10(11)5-3-7-13(15)16/h1-2,4,6H,3,5,7-9H2,(H2,14,17). The minimum Gasteiger partial charge on any atom is -0.393 e. The zero-order valence-electron chi connectivity index (χ0n) is 9.69. The molecule has 2 rings (SSSR count). The molecule has 1 amide bonds. The summed E-state index contributed by atoms with van der Waals surface area (Å²) in [6.45, 7) is 0.588. The fourth-order valence-corrected chi connectivity index (χ4v) is 2.24. The van der Waals surface area contributed by atoms with E-state index in [0.717, 1.165) is 18.5 Å². The Kier molecular flexibility index (Phi) is 3.74. The van der Waals surface area contributed by atoms with Crippen molar-refractivity contribution in [3.05, 3.63) is 29.8 Å². The number of carbonyl (C=O) groups is 1. The Balaban J connectivity index is 2.27. The highest BCUT2D eigenvalue weighted by Gasteiger charge is 2.21. The number of thiocarbonyl (C=S) groups is 1. The number of nitrogens with zero attached hydrogens (tertiary/aromatic N) is 1. The summed E-state index contributed by atoms with van der Waals surface area (Å²) < 4.78 is 0. The van der Waals surface area contributed by atoms with Crippen LogP contribution in [0.2, 0.25) is 0 Å². The van der Waals surface area contributed by atoms with E-state index in [1.807, 2.05) is 23.1 Å². The summed E-state index contributed by atoms with van der Waals surface area (Å²) >= 11 is 4.87. The molecular weight excluding hydrogens is 232 g/mol. The summed E-state index contributed by atoms with van der Waals surface area (Å²) in [6, 6.07) is 8.06. The summed E-state index contributed by atoms with van der Waals surface area (Å²) in [7, 11) is 0. The lowest BCUT2D eigenvalue weighted by molar-refractivity contribution is -0.118. The highest BCUT2D eigenvalue weighted by Crippen LogP contribution is 2.26. The van der Waals surface area contributed by atoms with Crippen molar-refractivity contribution in [1.29, 1.82) is 0 Å². The maximum absolute atomic E-state index is 12.0. The number of nitrogens with two attached hydrogens (primary N) is 1. The van der Waals surface area contributed by atoms with Gasteiger partial charge in [0.05, 0.1) is 4.99 Å². The van der Waals surface area contributed by atoms with Gasteiger partial charge in [0.15, 0.2) is 0 Å². The number of rotatable bonds is 3. The SMILES string of the molecule is NC(=S)CCN1C(=O)CCCc2ccccc21. The van der Waals surface area contributed by atoms with E-state index in [4.69, 9.17) is 18.0 Å². The van der Waals surface area contributed by atoms with Crippen molar-refractivity contribution in [3.8, 4) is 0 Å². The van der Waals surface area contributed by atoms with Crippen molar-refractivity contribution in [1.82, 2.24) is 0 Å². The number of fused-ring (bicyclic) bond motifs is 1. The van der Waals surface area contributed by atoms with E-state index in [0.29, 0.717) is 24.4 Å². The van der Waals surface area contributed by atoms with Gasteiger partial charge in [-0.25, -0.2) is 0 Å². The van der Waals surface area contributed by atoms with Gasteiger partial charge in [-0.05, 0) is 24.5 Å². The minimum atomic E-state index is 0.172. The number of hydrogen-bond acceptors (Lipinski definition) is 2. The van der Waals surface area contributed by atoms with Crippen LogP contribution in [0.5, 0.6) is 0 Å². The lowest BCUT2D eigenvalue weighted by Gasteiger charge is -2.22. The topological polar surface area (TPSA) is 46.3 Å². The molecule has 0 unspecified atom stereocenters. The van der Waals surface area contributed by atoms with E-state index in [-0.39, 0.29) is 5.91 Å². The molecule has 0 radical (unpaired) electrons. The van der Waals surface area contributed by atoms with Crippen LogP contribution in [0.1, 0.15) is 24.8 Å². The third kappa shape index (κ3) is 2.82. The molecule has 0 aliphatic carbocycles. The summed E-state index contributed by atoms with van der Waals surface area (Å²) in [4.78, 5) is 14.3. The average Bonchev–Trinajstić information content (AvgIpc) is 2.45. The summed E-state index contributed by atoms with van der Waals surface area (Å²) in [5.74, 6) is 0.172. The minimum absolute atomic E-state index is 0.172. The number of para-hydroxylation sites is 1. The smallest absolute Gasteiger partial charge is 0.227 e. The third-order valence-electron chi connectivity index (χ3n) is 3.00. The first-order valence-corrected chi connectivity index (χ1v) is 6.26. The third-order valence-corrected chi connectivity index (χ3v) is 3.21. The predicted molar refractivity (Wildman–Crippen MR) is 73.1 cm³/mol. The Morgan fingerprint density at radius 1 is 1.35 bits per heavy atom.